The van der Waals surface area contributed by atoms with E-state index in [0.717, 1.165) is 24.9 Å². The molecule has 0 saturated heterocycles. The van der Waals surface area contributed by atoms with Gasteiger partial charge in [-0.25, -0.2) is 9.78 Å². The fourth-order valence-electron chi connectivity index (χ4n) is 4.07. The molecule has 0 saturated carbocycles. The predicted molar refractivity (Wildman–Crippen MR) is 177 cm³/mol. The first kappa shape index (κ1) is 44.9. The zero-order chi connectivity index (χ0) is 33.2. The van der Waals surface area contributed by atoms with Gasteiger partial charge in [0.05, 0.1) is 119 Å². The standard InChI is InChI=1S/C30H66O13Si2/c1-6-32-13-14-35-19-20-39-25-26-40-27-28-42-41-11-8-30-45(4,5)43-44(2,3)29-7-10-33-15-17-36-21-23-38-24-22-37-18-16-34-12-9-31/h31H,6-30H2,1-5H3. The minimum Gasteiger partial charge on any atom is -0.455 e. The van der Waals surface area contributed by atoms with Gasteiger partial charge in [-0.3, -0.25) is 0 Å². The topological polar surface area (TPSA) is 131 Å². The highest BCUT2D eigenvalue weighted by Gasteiger charge is 2.32. The zero-order valence-electron chi connectivity index (χ0n) is 29.0. The fourth-order valence-corrected chi connectivity index (χ4v) is 12.9. The summed E-state index contributed by atoms with van der Waals surface area (Å²) in [5.74, 6) is 0. The summed E-state index contributed by atoms with van der Waals surface area (Å²) >= 11 is 0. The quantitative estimate of drug-likeness (QED) is 0.0441. The van der Waals surface area contributed by atoms with Crippen LogP contribution in [0, 0.1) is 0 Å². The molecule has 0 bridgehead atoms. The van der Waals surface area contributed by atoms with E-state index in [9.17, 15) is 0 Å². The molecule has 0 atom stereocenters. The molecule has 0 rings (SSSR count). The Labute approximate surface area is 274 Å². The number of aliphatic hydroxyl groups excluding tert-OH is 1. The third-order valence-corrected chi connectivity index (χ3v) is 13.6. The van der Waals surface area contributed by atoms with Crippen LogP contribution in [0.15, 0.2) is 0 Å². The van der Waals surface area contributed by atoms with Gasteiger partial charge in [-0.15, -0.1) is 0 Å². The predicted octanol–water partition coefficient (Wildman–Crippen LogP) is 3.30. The molecule has 0 fully saturated rings. The third kappa shape index (κ3) is 36.6. The number of hydrogen-bond donors (Lipinski definition) is 1. The molecule has 0 aliphatic rings. The van der Waals surface area contributed by atoms with Gasteiger partial charge in [-0.05, 0) is 58.0 Å². The maximum Gasteiger partial charge on any atom is 0.173 e. The van der Waals surface area contributed by atoms with E-state index in [2.05, 4.69) is 26.2 Å². The van der Waals surface area contributed by atoms with Crippen molar-refractivity contribution >= 4 is 16.6 Å². The lowest BCUT2D eigenvalue weighted by atomic mass is 10.5. The van der Waals surface area contributed by atoms with Crippen molar-refractivity contribution in [2.24, 2.45) is 0 Å². The average molecular weight is 691 g/mol. The molecule has 45 heavy (non-hydrogen) atoms. The highest BCUT2D eigenvalue weighted by atomic mass is 28.4. The molecule has 0 unspecified atom stereocenters. The molecule has 0 heterocycles. The van der Waals surface area contributed by atoms with E-state index in [1.165, 1.54) is 0 Å². The molecule has 0 aromatic carbocycles. The Bertz CT molecular complexity index is 544. The first-order chi connectivity index (χ1) is 21.8. The van der Waals surface area contributed by atoms with Gasteiger partial charge in [-0.2, -0.15) is 0 Å². The van der Waals surface area contributed by atoms with Crippen LogP contribution in [-0.2, 0) is 56.5 Å². The smallest absolute Gasteiger partial charge is 0.173 e. The van der Waals surface area contributed by atoms with Gasteiger partial charge < -0.3 is 51.9 Å². The van der Waals surface area contributed by atoms with E-state index in [4.69, 9.17) is 61.6 Å². The Hall–Kier alpha value is -0.0862. The number of ether oxygens (including phenoxy) is 9. The summed E-state index contributed by atoms with van der Waals surface area (Å²) in [6.07, 6.45) is 1.90. The van der Waals surface area contributed by atoms with Crippen LogP contribution in [0.5, 0.6) is 0 Å². The first-order valence-electron chi connectivity index (χ1n) is 16.6. The van der Waals surface area contributed by atoms with Gasteiger partial charge in [0, 0.05) is 13.2 Å². The normalized spacial score (nSPS) is 12.4. The monoisotopic (exact) mass is 690 g/mol. The van der Waals surface area contributed by atoms with Crippen molar-refractivity contribution in [2.75, 3.05) is 139 Å². The van der Waals surface area contributed by atoms with Crippen molar-refractivity contribution in [3.63, 3.8) is 0 Å². The number of hydrogen-bond acceptors (Lipinski definition) is 13. The largest absolute Gasteiger partial charge is 0.455 e. The molecule has 0 spiro atoms. The van der Waals surface area contributed by atoms with Crippen molar-refractivity contribution in [2.45, 2.75) is 58.0 Å². The lowest BCUT2D eigenvalue weighted by molar-refractivity contribution is -0.299. The molecule has 0 aliphatic heterocycles. The Morgan fingerprint density at radius 3 is 1.09 bits per heavy atom. The molecule has 1 N–H and O–H groups in total. The van der Waals surface area contributed by atoms with Crippen LogP contribution in [-0.4, -0.2) is 160 Å². The highest BCUT2D eigenvalue weighted by molar-refractivity contribution is 6.84. The Balaban J connectivity index is 3.50. The van der Waals surface area contributed by atoms with Crippen LogP contribution in [0.3, 0.4) is 0 Å². The van der Waals surface area contributed by atoms with Crippen LogP contribution in [0.25, 0.3) is 0 Å². The lowest BCUT2D eigenvalue weighted by Crippen LogP contribution is -2.44. The molecule has 0 aromatic rings. The molecule has 15 heteroatoms. The minimum absolute atomic E-state index is 0.0304. The summed E-state index contributed by atoms with van der Waals surface area (Å²) in [4.78, 5) is 10.5. The van der Waals surface area contributed by atoms with E-state index < -0.39 is 16.6 Å². The van der Waals surface area contributed by atoms with E-state index in [0.29, 0.717) is 132 Å². The van der Waals surface area contributed by atoms with Crippen molar-refractivity contribution in [3.05, 3.63) is 0 Å². The Morgan fingerprint density at radius 1 is 0.378 bits per heavy atom. The number of rotatable bonds is 38. The van der Waals surface area contributed by atoms with E-state index in [1.807, 2.05) is 6.92 Å². The van der Waals surface area contributed by atoms with Crippen molar-refractivity contribution in [3.8, 4) is 0 Å². The summed E-state index contributed by atoms with van der Waals surface area (Å²) in [6, 6.07) is 2.10. The summed E-state index contributed by atoms with van der Waals surface area (Å²) in [5, 5.41) is 8.61. The second-order valence-electron chi connectivity index (χ2n) is 11.3. The molecule has 272 valence electrons. The van der Waals surface area contributed by atoms with Crippen molar-refractivity contribution in [1.29, 1.82) is 0 Å². The Kier molecular flexibility index (Phi) is 33.7. The van der Waals surface area contributed by atoms with Crippen LogP contribution in [0.4, 0.5) is 0 Å². The van der Waals surface area contributed by atoms with Gasteiger partial charge in [0.1, 0.15) is 6.61 Å². The molecule has 13 nitrogen and oxygen atoms in total. The van der Waals surface area contributed by atoms with E-state index in [-0.39, 0.29) is 6.61 Å². The summed E-state index contributed by atoms with van der Waals surface area (Å²) in [5.41, 5.74) is 0. The average Bonchev–Trinajstić information content (AvgIpc) is 2.99. The molecule has 0 aromatic heterocycles. The molecule has 0 radical (unpaired) electrons. The maximum atomic E-state index is 8.61. The second-order valence-corrected chi connectivity index (χ2v) is 20.1. The maximum absolute atomic E-state index is 8.61. The molecule has 0 aliphatic carbocycles. The fraction of sp³-hybridized carbons (Fsp3) is 1.00. The van der Waals surface area contributed by atoms with Gasteiger partial charge in [0.2, 0.25) is 0 Å². The summed E-state index contributed by atoms with van der Waals surface area (Å²) in [6.45, 7) is 21.9. The Morgan fingerprint density at radius 2 is 0.689 bits per heavy atom. The molecular formula is C30H66O13Si2. The number of aliphatic hydroxyl groups is 1. The molecular weight excluding hydrogens is 624 g/mol. The molecule has 0 amide bonds. The lowest BCUT2D eigenvalue weighted by Gasteiger charge is -2.34. The van der Waals surface area contributed by atoms with E-state index >= 15 is 0 Å². The highest BCUT2D eigenvalue weighted by Crippen LogP contribution is 2.23. The van der Waals surface area contributed by atoms with Crippen LogP contribution >= 0.6 is 0 Å². The van der Waals surface area contributed by atoms with Gasteiger partial charge in [-0.1, -0.05) is 0 Å². The summed E-state index contributed by atoms with van der Waals surface area (Å²) in [7, 11) is -3.55. The third-order valence-electron chi connectivity index (χ3n) is 6.06. The van der Waals surface area contributed by atoms with Crippen molar-refractivity contribution < 1.29 is 61.6 Å². The van der Waals surface area contributed by atoms with E-state index in [1.54, 1.807) is 0 Å². The van der Waals surface area contributed by atoms with Crippen LogP contribution in [0.1, 0.15) is 19.8 Å². The van der Waals surface area contributed by atoms with Crippen molar-refractivity contribution in [1.82, 2.24) is 0 Å². The van der Waals surface area contributed by atoms with Gasteiger partial charge >= 0.3 is 0 Å². The zero-order valence-corrected chi connectivity index (χ0v) is 31.0. The summed E-state index contributed by atoms with van der Waals surface area (Å²) < 4.78 is 55.4. The SMILES string of the molecule is CCOCCOCCOCCOCCOOCCC[Si](C)(C)O[Si](C)(C)CCCOCCOCCOCCOCCOCCO. The second kappa shape index (κ2) is 33.8. The van der Waals surface area contributed by atoms with Crippen LogP contribution < -0.4 is 0 Å². The van der Waals surface area contributed by atoms with Crippen LogP contribution in [0.2, 0.25) is 38.3 Å². The van der Waals surface area contributed by atoms with Gasteiger partial charge in [0.25, 0.3) is 0 Å². The first-order valence-corrected chi connectivity index (χ1v) is 22.8. The minimum atomic E-state index is -1.78. The van der Waals surface area contributed by atoms with Gasteiger partial charge in [0.15, 0.2) is 16.6 Å².